The van der Waals surface area contributed by atoms with E-state index in [1.54, 1.807) is 17.7 Å². The van der Waals surface area contributed by atoms with Crippen LogP contribution < -0.4 is 15.6 Å². The fraction of sp³-hybridized carbons (Fsp3) is 0.400. The minimum absolute atomic E-state index is 0.0716. The van der Waals surface area contributed by atoms with Crippen molar-refractivity contribution in [3.8, 4) is 5.75 Å². The molecule has 0 aliphatic heterocycles. The Hall–Kier alpha value is -2.56. The molecular formula is C20H24N2O3. The van der Waals surface area contributed by atoms with Crippen molar-refractivity contribution in [1.82, 2.24) is 9.88 Å². The smallest absolute Gasteiger partial charge is 0.250 e. The van der Waals surface area contributed by atoms with Gasteiger partial charge in [-0.3, -0.25) is 9.59 Å². The zero-order valence-corrected chi connectivity index (χ0v) is 14.8. The molecule has 132 valence electrons. The summed E-state index contributed by atoms with van der Waals surface area (Å²) in [7, 11) is 1.66. The number of carbonyl (C=O) groups excluding carboxylic acids is 1. The van der Waals surface area contributed by atoms with Crippen LogP contribution in [0.2, 0.25) is 0 Å². The predicted molar refractivity (Wildman–Crippen MR) is 96.9 cm³/mol. The molecule has 0 unspecified atom stereocenters. The third-order valence-corrected chi connectivity index (χ3v) is 4.80. The summed E-state index contributed by atoms with van der Waals surface area (Å²) >= 11 is 0. The lowest BCUT2D eigenvalue weighted by Crippen LogP contribution is -2.27. The summed E-state index contributed by atoms with van der Waals surface area (Å²) in [6.07, 6.45) is 3.65. The molecule has 25 heavy (non-hydrogen) atoms. The van der Waals surface area contributed by atoms with E-state index in [4.69, 9.17) is 4.74 Å². The van der Waals surface area contributed by atoms with E-state index < -0.39 is 0 Å². The number of carbonyl (C=O) groups is 1. The Bertz CT molecular complexity index is 839. The van der Waals surface area contributed by atoms with Crippen LogP contribution in [0.1, 0.15) is 35.2 Å². The van der Waals surface area contributed by atoms with Gasteiger partial charge >= 0.3 is 0 Å². The Morgan fingerprint density at radius 3 is 2.72 bits per heavy atom. The summed E-state index contributed by atoms with van der Waals surface area (Å²) in [6, 6.07) is 9.35. The van der Waals surface area contributed by atoms with E-state index in [-0.39, 0.29) is 17.9 Å². The maximum absolute atomic E-state index is 12.2. The molecule has 3 rings (SSSR count). The number of aromatic nitrogens is 1. The summed E-state index contributed by atoms with van der Waals surface area (Å²) in [5.41, 5.74) is 4.50. The molecule has 5 heteroatoms. The standard InChI is InChI=1S/C20H24N2O3/c1-14-5-3-8-20(24)22(14)10-9-19(23)21-13-17-11-15-6-4-7-16(15)12-18(17)25-2/h3,5,8,11-12H,4,6-7,9-10,13H2,1-2H3,(H,21,23). The quantitative estimate of drug-likeness (QED) is 0.878. The molecule has 1 aromatic carbocycles. The van der Waals surface area contributed by atoms with Gasteiger partial charge in [-0.05, 0) is 49.4 Å². The minimum atomic E-state index is -0.0758. The van der Waals surface area contributed by atoms with Gasteiger partial charge in [0.15, 0.2) is 0 Å². The number of pyridine rings is 1. The van der Waals surface area contributed by atoms with Gasteiger partial charge < -0.3 is 14.6 Å². The third-order valence-electron chi connectivity index (χ3n) is 4.80. The van der Waals surface area contributed by atoms with Crippen LogP contribution in [0.4, 0.5) is 0 Å². The second kappa shape index (κ2) is 7.55. The first-order valence-corrected chi connectivity index (χ1v) is 8.70. The van der Waals surface area contributed by atoms with E-state index in [1.165, 1.54) is 23.6 Å². The molecule has 1 aromatic heterocycles. The van der Waals surface area contributed by atoms with Crippen molar-refractivity contribution in [3.05, 3.63) is 63.1 Å². The fourth-order valence-electron chi connectivity index (χ4n) is 3.39. The lowest BCUT2D eigenvalue weighted by atomic mass is 10.0. The van der Waals surface area contributed by atoms with Gasteiger partial charge in [0.2, 0.25) is 5.91 Å². The number of fused-ring (bicyclic) bond motifs is 1. The van der Waals surface area contributed by atoms with E-state index in [0.717, 1.165) is 29.8 Å². The number of nitrogens with one attached hydrogen (secondary N) is 1. The van der Waals surface area contributed by atoms with Crippen LogP contribution in [-0.2, 0) is 30.7 Å². The van der Waals surface area contributed by atoms with Gasteiger partial charge in [-0.25, -0.2) is 0 Å². The maximum Gasteiger partial charge on any atom is 0.250 e. The van der Waals surface area contributed by atoms with Crippen LogP contribution in [0.5, 0.6) is 5.75 Å². The first kappa shape index (κ1) is 17.3. The molecule has 0 fully saturated rings. The van der Waals surface area contributed by atoms with Crippen molar-refractivity contribution in [2.75, 3.05) is 7.11 Å². The SMILES string of the molecule is COc1cc2c(cc1CNC(=O)CCn1c(C)cccc1=O)CCC2. The van der Waals surface area contributed by atoms with Crippen molar-refractivity contribution in [3.63, 3.8) is 0 Å². The zero-order valence-electron chi connectivity index (χ0n) is 14.8. The number of aryl methyl sites for hydroxylation is 3. The maximum atomic E-state index is 12.2. The number of amides is 1. The number of hydrogen-bond acceptors (Lipinski definition) is 3. The molecule has 1 amide bonds. The molecule has 2 aromatic rings. The highest BCUT2D eigenvalue weighted by atomic mass is 16.5. The highest BCUT2D eigenvalue weighted by Crippen LogP contribution is 2.29. The second-order valence-electron chi connectivity index (χ2n) is 6.47. The van der Waals surface area contributed by atoms with Gasteiger partial charge in [0, 0.05) is 36.8 Å². The van der Waals surface area contributed by atoms with E-state index >= 15 is 0 Å². The molecule has 0 bridgehead atoms. The number of hydrogen-bond donors (Lipinski definition) is 1. The van der Waals surface area contributed by atoms with Crippen molar-refractivity contribution in [2.24, 2.45) is 0 Å². The Kier molecular flexibility index (Phi) is 5.22. The highest BCUT2D eigenvalue weighted by molar-refractivity contribution is 5.75. The second-order valence-corrected chi connectivity index (χ2v) is 6.47. The highest BCUT2D eigenvalue weighted by Gasteiger charge is 2.15. The fourth-order valence-corrected chi connectivity index (χ4v) is 3.39. The number of benzene rings is 1. The number of nitrogens with zero attached hydrogens (tertiary/aromatic N) is 1. The Morgan fingerprint density at radius 2 is 2.00 bits per heavy atom. The Balaban J connectivity index is 1.60. The predicted octanol–water partition coefficient (Wildman–Crippen LogP) is 2.36. The lowest BCUT2D eigenvalue weighted by molar-refractivity contribution is -0.121. The molecule has 0 saturated carbocycles. The topological polar surface area (TPSA) is 60.3 Å². The molecule has 0 saturated heterocycles. The first-order chi connectivity index (χ1) is 12.1. The Labute approximate surface area is 147 Å². The minimum Gasteiger partial charge on any atom is -0.496 e. The largest absolute Gasteiger partial charge is 0.496 e. The molecule has 5 nitrogen and oxygen atoms in total. The first-order valence-electron chi connectivity index (χ1n) is 8.70. The third kappa shape index (κ3) is 3.92. The van der Waals surface area contributed by atoms with Gasteiger partial charge in [0.05, 0.1) is 7.11 Å². The van der Waals surface area contributed by atoms with Gasteiger partial charge in [0.25, 0.3) is 5.56 Å². The van der Waals surface area contributed by atoms with Crippen LogP contribution in [-0.4, -0.2) is 17.6 Å². The van der Waals surface area contributed by atoms with Crippen LogP contribution in [0, 0.1) is 6.92 Å². The summed E-state index contributed by atoms with van der Waals surface area (Å²) < 4.78 is 7.09. The molecule has 0 spiro atoms. The van der Waals surface area contributed by atoms with Crippen LogP contribution >= 0.6 is 0 Å². The van der Waals surface area contributed by atoms with Gasteiger partial charge in [-0.15, -0.1) is 0 Å². The van der Waals surface area contributed by atoms with Gasteiger partial charge in [-0.2, -0.15) is 0 Å². The van der Waals surface area contributed by atoms with Crippen molar-refractivity contribution in [2.45, 2.75) is 45.7 Å². The average Bonchev–Trinajstić information content (AvgIpc) is 3.05. The van der Waals surface area contributed by atoms with Gasteiger partial charge in [-0.1, -0.05) is 12.1 Å². The molecular weight excluding hydrogens is 316 g/mol. The summed E-state index contributed by atoms with van der Waals surface area (Å²) in [6.45, 7) is 2.70. The molecule has 1 heterocycles. The number of methoxy groups -OCH3 is 1. The normalized spacial score (nSPS) is 12.7. The average molecular weight is 340 g/mol. The van der Waals surface area contributed by atoms with E-state index in [0.29, 0.717) is 13.1 Å². The number of rotatable bonds is 6. The van der Waals surface area contributed by atoms with Crippen molar-refractivity contribution in [1.29, 1.82) is 0 Å². The Morgan fingerprint density at radius 1 is 1.24 bits per heavy atom. The van der Waals surface area contributed by atoms with Crippen LogP contribution in [0.15, 0.2) is 35.1 Å². The van der Waals surface area contributed by atoms with Crippen molar-refractivity contribution >= 4 is 5.91 Å². The summed E-state index contributed by atoms with van der Waals surface area (Å²) in [5, 5.41) is 2.94. The summed E-state index contributed by atoms with van der Waals surface area (Å²) in [4.78, 5) is 24.0. The molecule has 0 radical (unpaired) electrons. The molecule has 1 N–H and O–H groups in total. The van der Waals surface area contributed by atoms with E-state index in [1.807, 2.05) is 13.0 Å². The molecule has 1 aliphatic carbocycles. The number of ether oxygens (including phenoxy) is 1. The van der Waals surface area contributed by atoms with Crippen molar-refractivity contribution < 1.29 is 9.53 Å². The lowest BCUT2D eigenvalue weighted by Gasteiger charge is -2.13. The summed E-state index contributed by atoms with van der Waals surface area (Å²) in [5.74, 6) is 0.758. The van der Waals surface area contributed by atoms with Crippen LogP contribution in [0.25, 0.3) is 0 Å². The van der Waals surface area contributed by atoms with Gasteiger partial charge in [0.1, 0.15) is 5.75 Å². The van der Waals surface area contributed by atoms with E-state index in [2.05, 4.69) is 17.4 Å². The monoisotopic (exact) mass is 340 g/mol. The van der Waals surface area contributed by atoms with E-state index in [9.17, 15) is 9.59 Å². The van der Waals surface area contributed by atoms with Crippen LogP contribution in [0.3, 0.4) is 0 Å². The molecule has 1 aliphatic rings. The zero-order chi connectivity index (χ0) is 17.8. The molecule has 0 atom stereocenters.